The predicted molar refractivity (Wildman–Crippen MR) is 108 cm³/mol. The Morgan fingerprint density at radius 3 is 2.73 bits per heavy atom. The molecule has 0 unspecified atom stereocenters. The maximum atomic E-state index is 13.1. The summed E-state index contributed by atoms with van der Waals surface area (Å²) in [6.45, 7) is 5.06. The summed E-state index contributed by atoms with van der Waals surface area (Å²) in [5.74, 6) is -0.334. The molecule has 3 fully saturated rings. The summed E-state index contributed by atoms with van der Waals surface area (Å²) in [6, 6.07) is 0. The summed E-state index contributed by atoms with van der Waals surface area (Å²) in [4.78, 5) is 29.7. The van der Waals surface area contributed by atoms with Crippen molar-refractivity contribution in [1.82, 2.24) is 0 Å². The van der Waals surface area contributed by atoms with Crippen molar-refractivity contribution in [3.8, 4) is 0 Å². The molecule has 0 aromatic rings. The van der Waals surface area contributed by atoms with Gasteiger partial charge >= 0.3 is 0 Å². The minimum absolute atomic E-state index is 0.0118. The topological polar surface area (TPSA) is 116 Å². The highest BCUT2D eigenvalue weighted by Crippen LogP contribution is 2.69. The van der Waals surface area contributed by atoms with Gasteiger partial charge in [-0.05, 0) is 48.8 Å². The number of aliphatic hydroxyl groups excluding tert-OH is 3. The summed E-state index contributed by atoms with van der Waals surface area (Å²) < 4.78 is 5.96. The minimum Gasteiger partial charge on any atom is -0.475 e. The summed E-state index contributed by atoms with van der Waals surface area (Å²) in [7, 11) is 0. The van der Waals surface area contributed by atoms with E-state index in [2.05, 4.69) is 4.99 Å². The molecule has 4 aliphatic carbocycles. The summed E-state index contributed by atoms with van der Waals surface area (Å²) >= 11 is 0. The first-order valence-electron chi connectivity index (χ1n) is 10.8. The van der Waals surface area contributed by atoms with Crippen molar-refractivity contribution in [2.24, 2.45) is 33.6 Å². The van der Waals surface area contributed by atoms with Crippen LogP contribution in [-0.4, -0.2) is 63.2 Å². The molecule has 0 amide bonds. The van der Waals surface area contributed by atoms with Crippen LogP contribution in [0.5, 0.6) is 0 Å². The molecule has 0 bridgehead atoms. The zero-order valence-corrected chi connectivity index (χ0v) is 17.5. The molecule has 7 nitrogen and oxygen atoms in total. The number of ether oxygens (including phenoxy) is 1. The largest absolute Gasteiger partial charge is 0.475 e. The van der Waals surface area contributed by atoms with Crippen molar-refractivity contribution >= 4 is 17.5 Å². The van der Waals surface area contributed by atoms with E-state index in [1.165, 1.54) is 12.2 Å². The second-order valence-corrected chi connectivity index (χ2v) is 10.2. The van der Waals surface area contributed by atoms with Gasteiger partial charge in [-0.3, -0.25) is 9.59 Å². The number of fused-ring (bicyclic) bond motifs is 7. The van der Waals surface area contributed by atoms with Crippen molar-refractivity contribution in [1.29, 1.82) is 0 Å². The minimum atomic E-state index is -1.21. The first kappa shape index (κ1) is 20.1. The quantitative estimate of drug-likeness (QED) is 0.619. The van der Waals surface area contributed by atoms with Crippen LogP contribution in [0.25, 0.3) is 0 Å². The molecule has 5 aliphatic rings. The fraction of sp³-hybridized carbons (Fsp3) is 0.696. The predicted octanol–water partition coefficient (Wildman–Crippen LogP) is 0.963. The van der Waals surface area contributed by atoms with Gasteiger partial charge in [0.05, 0.1) is 12.2 Å². The second-order valence-electron chi connectivity index (χ2n) is 10.2. The smallest absolute Gasteiger partial charge is 0.190 e. The van der Waals surface area contributed by atoms with Crippen LogP contribution in [0.2, 0.25) is 0 Å². The van der Waals surface area contributed by atoms with E-state index in [0.717, 1.165) is 0 Å². The lowest BCUT2D eigenvalue weighted by atomic mass is 9.45. The van der Waals surface area contributed by atoms with Crippen LogP contribution in [0.1, 0.15) is 40.0 Å². The molecule has 3 saturated carbocycles. The van der Waals surface area contributed by atoms with Gasteiger partial charge in [0, 0.05) is 23.7 Å². The van der Waals surface area contributed by atoms with Crippen LogP contribution in [0.4, 0.5) is 0 Å². The Bertz CT molecular complexity index is 923. The Balaban J connectivity index is 1.63. The zero-order valence-electron chi connectivity index (χ0n) is 17.5. The molecule has 7 heteroatoms. The highest BCUT2D eigenvalue weighted by atomic mass is 16.5. The first-order chi connectivity index (χ1) is 14.1. The molecule has 162 valence electrons. The third kappa shape index (κ3) is 2.18. The second kappa shape index (κ2) is 6.11. The standard InChI is InChI=1S/C23H29NO6/c1-11-24-23(18(29)10-25)19(30-11)8-14-13-7-16(27)15-6-12(26)4-5-21(15,2)20(13)17(28)9-22(14,23)3/h4-6,13-14,16-17,19-20,25,27-28H,7-10H2,1-3H3/t13-,14+,16-,17-,19-,20-,21-,22-,23+/m0/s1. The monoisotopic (exact) mass is 415 g/mol. The highest BCUT2D eigenvalue weighted by molar-refractivity contribution is 6.01. The lowest BCUT2D eigenvalue weighted by Gasteiger charge is -2.60. The zero-order chi connectivity index (χ0) is 21.6. The number of hydrogen-bond donors (Lipinski definition) is 3. The molecular weight excluding hydrogens is 386 g/mol. The Hall–Kier alpha value is -1.83. The number of aliphatic imine (C=N–C) groups is 1. The van der Waals surface area contributed by atoms with Gasteiger partial charge in [-0.1, -0.05) is 19.9 Å². The number of allylic oxidation sites excluding steroid dienone is 3. The lowest BCUT2D eigenvalue weighted by molar-refractivity contribution is -0.150. The molecule has 3 N–H and O–H groups in total. The van der Waals surface area contributed by atoms with Gasteiger partial charge < -0.3 is 20.1 Å². The Labute approximate surface area is 175 Å². The molecule has 0 saturated heterocycles. The Morgan fingerprint density at radius 2 is 2.03 bits per heavy atom. The van der Waals surface area contributed by atoms with E-state index in [1.54, 1.807) is 6.92 Å². The van der Waals surface area contributed by atoms with Crippen LogP contribution in [-0.2, 0) is 14.3 Å². The van der Waals surface area contributed by atoms with Crippen molar-refractivity contribution in [3.63, 3.8) is 0 Å². The van der Waals surface area contributed by atoms with Gasteiger partial charge in [0.25, 0.3) is 0 Å². The van der Waals surface area contributed by atoms with Crippen LogP contribution >= 0.6 is 0 Å². The molecule has 1 heterocycles. The number of ketones is 2. The van der Waals surface area contributed by atoms with Gasteiger partial charge in [-0.25, -0.2) is 4.99 Å². The van der Waals surface area contributed by atoms with E-state index < -0.39 is 41.3 Å². The molecule has 1 aliphatic heterocycles. The van der Waals surface area contributed by atoms with Gasteiger partial charge in [-0.15, -0.1) is 0 Å². The van der Waals surface area contributed by atoms with E-state index in [0.29, 0.717) is 30.7 Å². The number of nitrogens with zero attached hydrogens (tertiary/aromatic N) is 1. The first-order valence-corrected chi connectivity index (χ1v) is 10.8. The van der Waals surface area contributed by atoms with Gasteiger partial charge in [-0.2, -0.15) is 0 Å². The summed E-state index contributed by atoms with van der Waals surface area (Å²) in [5.41, 5.74) is -1.85. The van der Waals surface area contributed by atoms with Crippen molar-refractivity contribution < 1.29 is 29.6 Å². The SMILES string of the molecule is CC1=N[C@]2(C(=O)CO)[C@H](C[C@@H]3[C@@H]4C[C@H](O)C5=CC(=O)C=C[C@]5(C)[C@@H]4[C@@H](O)C[C@@]32C)O1. The molecule has 30 heavy (non-hydrogen) atoms. The Morgan fingerprint density at radius 1 is 1.30 bits per heavy atom. The third-order valence-electron chi connectivity index (χ3n) is 8.92. The summed E-state index contributed by atoms with van der Waals surface area (Å²) in [5, 5.41) is 32.2. The summed E-state index contributed by atoms with van der Waals surface area (Å²) in [6.07, 6.45) is 4.23. The maximum Gasteiger partial charge on any atom is 0.190 e. The van der Waals surface area contributed by atoms with E-state index in [4.69, 9.17) is 4.74 Å². The lowest BCUT2D eigenvalue weighted by Crippen LogP contribution is -2.63. The van der Waals surface area contributed by atoms with Crippen LogP contribution in [0.15, 0.2) is 28.8 Å². The molecule has 0 aromatic heterocycles. The fourth-order valence-electron chi connectivity index (χ4n) is 7.86. The van der Waals surface area contributed by atoms with Crippen molar-refractivity contribution in [3.05, 3.63) is 23.8 Å². The average molecular weight is 415 g/mol. The van der Waals surface area contributed by atoms with E-state index in [9.17, 15) is 24.9 Å². The van der Waals surface area contributed by atoms with E-state index in [-0.39, 0.29) is 29.3 Å². The Kier molecular flexibility index (Phi) is 4.09. The van der Waals surface area contributed by atoms with Gasteiger partial charge in [0.15, 0.2) is 23.0 Å². The number of carbonyl (C=O) groups is 2. The van der Waals surface area contributed by atoms with Crippen LogP contribution < -0.4 is 0 Å². The van der Waals surface area contributed by atoms with Crippen molar-refractivity contribution in [2.45, 2.75) is 63.9 Å². The van der Waals surface area contributed by atoms with E-state index in [1.807, 2.05) is 19.9 Å². The molecule has 5 rings (SSSR count). The van der Waals surface area contributed by atoms with Gasteiger partial charge in [0.1, 0.15) is 12.7 Å². The van der Waals surface area contributed by atoms with Gasteiger partial charge in [0.2, 0.25) is 0 Å². The molecule has 9 atom stereocenters. The molecule has 0 radical (unpaired) electrons. The number of Topliss-reactive ketones (excluding diaryl/α,β-unsaturated/α-hetero) is 1. The number of rotatable bonds is 2. The van der Waals surface area contributed by atoms with Crippen LogP contribution in [0, 0.1) is 28.6 Å². The number of hydrogen-bond acceptors (Lipinski definition) is 7. The number of aliphatic hydroxyl groups is 3. The highest BCUT2D eigenvalue weighted by Gasteiger charge is 2.74. The molecule has 0 spiro atoms. The van der Waals surface area contributed by atoms with Crippen LogP contribution in [0.3, 0.4) is 0 Å². The molecule has 0 aromatic carbocycles. The van der Waals surface area contributed by atoms with Crippen molar-refractivity contribution in [2.75, 3.05) is 6.61 Å². The third-order valence-corrected chi connectivity index (χ3v) is 8.92. The fourth-order valence-corrected chi connectivity index (χ4v) is 7.86. The maximum absolute atomic E-state index is 13.1. The molecular formula is C23H29NO6. The average Bonchev–Trinajstić information content (AvgIpc) is 3.13. The van der Waals surface area contributed by atoms with E-state index >= 15 is 0 Å². The number of carbonyl (C=O) groups excluding carboxylic acids is 2. The normalized spacial score (nSPS) is 51.2.